The van der Waals surface area contributed by atoms with E-state index in [1.807, 2.05) is 6.07 Å². The lowest BCUT2D eigenvalue weighted by Gasteiger charge is -2.33. The number of carboxylic acid groups (broad SMARTS) is 1. The first kappa shape index (κ1) is 12.4. The number of benzene rings is 1. The van der Waals surface area contributed by atoms with Crippen molar-refractivity contribution in [2.75, 3.05) is 18.0 Å². The Morgan fingerprint density at radius 1 is 1.53 bits per heavy atom. The maximum absolute atomic E-state index is 10.9. The van der Waals surface area contributed by atoms with Gasteiger partial charge in [-0.15, -0.1) is 0 Å². The molecule has 2 rings (SSSR count). The number of carboxylic acids is 1. The molecular formula is C13H16BrNO2. The van der Waals surface area contributed by atoms with Gasteiger partial charge in [0.2, 0.25) is 0 Å². The summed E-state index contributed by atoms with van der Waals surface area (Å²) in [5.74, 6) is -0.181. The van der Waals surface area contributed by atoms with Crippen LogP contribution in [0.15, 0.2) is 22.7 Å². The summed E-state index contributed by atoms with van der Waals surface area (Å²) < 4.78 is 0.867. The highest BCUT2D eigenvalue weighted by Gasteiger charge is 2.19. The van der Waals surface area contributed by atoms with Gasteiger partial charge in [0.1, 0.15) is 0 Å². The third kappa shape index (κ3) is 2.80. The maximum atomic E-state index is 10.9. The van der Waals surface area contributed by atoms with Crippen LogP contribution < -0.4 is 4.90 Å². The van der Waals surface area contributed by atoms with E-state index in [1.165, 1.54) is 12.8 Å². The normalized spacial score (nSPS) is 20.4. The Morgan fingerprint density at radius 3 is 2.88 bits per heavy atom. The molecule has 0 aromatic heterocycles. The smallest absolute Gasteiger partial charge is 0.335 e. The number of hydrogen-bond acceptors (Lipinski definition) is 2. The van der Waals surface area contributed by atoms with Crippen molar-refractivity contribution in [3.05, 3.63) is 28.2 Å². The summed E-state index contributed by atoms with van der Waals surface area (Å²) in [6.45, 7) is 4.35. The van der Waals surface area contributed by atoms with Crippen molar-refractivity contribution in [2.24, 2.45) is 5.92 Å². The van der Waals surface area contributed by atoms with Gasteiger partial charge in [0, 0.05) is 17.6 Å². The zero-order valence-corrected chi connectivity index (χ0v) is 11.4. The van der Waals surface area contributed by atoms with Crippen molar-refractivity contribution < 1.29 is 9.90 Å². The quantitative estimate of drug-likeness (QED) is 0.910. The second-order valence-electron chi connectivity index (χ2n) is 4.66. The molecule has 1 atom stereocenters. The van der Waals surface area contributed by atoms with Crippen molar-refractivity contribution in [1.29, 1.82) is 0 Å². The van der Waals surface area contributed by atoms with Gasteiger partial charge in [-0.3, -0.25) is 0 Å². The Bertz CT molecular complexity index is 433. The van der Waals surface area contributed by atoms with Crippen LogP contribution in [0.3, 0.4) is 0 Å². The molecule has 0 amide bonds. The molecule has 1 heterocycles. The topological polar surface area (TPSA) is 40.5 Å². The average molecular weight is 298 g/mol. The molecular weight excluding hydrogens is 282 g/mol. The minimum Gasteiger partial charge on any atom is -0.478 e. The van der Waals surface area contributed by atoms with E-state index < -0.39 is 5.97 Å². The molecule has 4 heteroatoms. The van der Waals surface area contributed by atoms with Crippen molar-refractivity contribution >= 4 is 27.6 Å². The molecule has 0 radical (unpaired) electrons. The Kier molecular flexibility index (Phi) is 3.72. The lowest BCUT2D eigenvalue weighted by atomic mass is 9.99. The molecule has 0 saturated carbocycles. The summed E-state index contributed by atoms with van der Waals surface area (Å²) >= 11 is 3.47. The molecule has 0 aliphatic carbocycles. The van der Waals surface area contributed by atoms with Crippen LogP contribution in [0.2, 0.25) is 0 Å². The number of carbonyl (C=O) groups is 1. The number of aromatic carboxylic acids is 1. The Balaban J connectivity index is 2.23. The molecule has 17 heavy (non-hydrogen) atoms. The number of nitrogens with zero attached hydrogens (tertiary/aromatic N) is 1. The van der Waals surface area contributed by atoms with E-state index in [4.69, 9.17) is 5.11 Å². The van der Waals surface area contributed by atoms with Gasteiger partial charge in [0.25, 0.3) is 0 Å². The molecule has 1 fully saturated rings. The van der Waals surface area contributed by atoms with Crippen LogP contribution in [0.4, 0.5) is 5.69 Å². The van der Waals surface area contributed by atoms with Crippen molar-refractivity contribution in [3.63, 3.8) is 0 Å². The second-order valence-corrected chi connectivity index (χ2v) is 5.52. The summed E-state index contributed by atoms with van der Waals surface area (Å²) in [5.41, 5.74) is 1.42. The fraction of sp³-hybridized carbons (Fsp3) is 0.462. The molecule has 1 N–H and O–H groups in total. The Labute approximate surface area is 110 Å². The number of piperidine rings is 1. The van der Waals surface area contributed by atoms with Gasteiger partial charge in [-0.1, -0.05) is 6.92 Å². The number of hydrogen-bond donors (Lipinski definition) is 1. The maximum Gasteiger partial charge on any atom is 0.335 e. The molecule has 0 spiro atoms. The first-order chi connectivity index (χ1) is 8.08. The predicted molar refractivity (Wildman–Crippen MR) is 71.7 cm³/mol. The minimum atomic E-state index is -0.885. The van der Waals surface area contributed by atoms with Gasteiger partial charge >= 0.3 is 5.97 Å². The van der Waals surface area contributed by atoms with Crippen LogP contribution in [0, 0.1) is 5.92 Å². The number of anilines is 1. The van der Waals surface area contributed by atoms with Crippen LogP contribution in [0.25, 0.3) is 0 Å². The molecule has 0 unspecified atom stereocenters. The highest BCUT2D eigenvalue weighted by molar-refractivity contribution is 9.10. The molecule has 1 aliphatic rings. The zero-order valence-electron chi connectivity index (χ0n) is 9.82. The summed E-state index contributed by atoms with van der Waals surface area (Å²) in [4.78, 5) is 13.2. The lowest BCUT2D eigenvalue weighted by molar-refractivity contribution is 0.0697. The van der Waals surface area contributed by atoms with E-state index in [9.17, 15) is 4.79 Å². The summed E-state index contributed by atoms with van der Waals surface area (Å²) in [6.07, 6.45) is 2.48. The highest BCUT2D eigenvalue weighted by atomic mass is 79.9. The minimum absolute atomic E-state index is 0.325. The third-order valence-corrected chi connectivity index (χ3v) is 3.83. The van der Waals surface area contributed by atoms with Gasteiger partial charge in [0.05, 0.1) is 11.3 Å². The molecule has 3 nitrogen and oxygen atoms in total. The molecule has 0 bridgehead atoms. The summed E-state index contributed by atoms with van der Waals surface area (Å²) in [6, 6.07) is 5.24. The van der Waals surface area contributed by atoms with Gasteiger partial charge in [-0.25, -0.2) is 4.79 Å². The zero-order chi connectivity index (χ0) is 12.4. The average Bonchev–Trinajstić information content (AvgIpc) is 2.28. The van der Waals surface area contributed by atoms with Crippen LogP contribution in [0.5, 0.6) is 0 Å². The van der Waals surface area contributed by atoms with Crippen molar-refractivity contribution in [2.45, 2.75) is 19.8 Å². The SMILES string of the molecule is C[C@@H]1CCCN(c2ccc(C(=O)O)cc2Br)C1. The number of halogens is 1. The fourth-order valence-corrected chi connectivity index (χ4v) is 2.93. The van der Waals surface area contributed by atoms with Gasteiger partial charge in [-0.2, -0.15) is 0 Å². The van der Waals surface area contributed by atoms with E-state index in [0.29, 0.717) is 11.5 Å². The van der Waals surface area contributed by atoms with Crippen molar-refractivity contribution in [3.8, 4) is 0 Å². The largest absolute Gasteiger partial charge is 0.478 e. The van der Waals surface area contributed by atoms with Crippen LogP contribution in [0.1, 0.15) is 30.1 Å². The first-order valence-corrected chi connectivity index (χ1v) is 6.65. The van der Waals surface area contributed by atoms with Gasteiger partial charge in [0.15, 0.2) is 0 Å². The second kappa shape index (κ2) is 5.08. The standard InChI is InChI=1S/C13H16BrNO2/c1-9-3-2-6-15(8-9)12-5-4-10(13(16)17)7-11(12)14/h4-5,7,9H,2-3,6,8H2,1H3,(H,16,17)/t9-/m1/s1. The van der Waals surface area contributed by atoms with Gasteiger partial charge in [-0.05, 0) is 52.9 Å². The van der Waals surface area contributed by atoms with E-state index >= 15 is 0 Å². The van der Waals surface area contributed by atoms with Gasteiger partial charge < -0.3 is 10.0 Å². The molecule has 92 valence electrons. The third-order valence-electron chi connectivity index (χ3n) is 3.19. The fourth-order valence-electron chi connectivity index (χ4n) is 2.30. The number of rotatable bonds is 2. The summed E-state index contributed by atoms with van der Waals surface area (Å²) in [7, 11) is 0. The summed E-state index contributed by atoms with van der Waals surface area (Å²) in [5, 5.41) is 8.92. The van der Waals surface area contributed by atoms with Crippen molar-refractivity contribution in [1.82, 2.24) is 0 Å². The molecule has 1 saturated heterocycles. The molecule has 1 aromatic carbocycles. The van der Waals surface area contributed by atoms with E-state index in [0.717, 1.165) is 23.2 Å². The van der Waals surface area contributed by atoms with Crippen LogP contribution >= 0.6 is 15.9 Å². The van der Waals surface area contributed by atoms with E-state index in [2.05, 4.69) is 27.8 Å². The lowest BCUT2D eigenvalue weighted by Crippen LogP contribution is -2.34. The predicted octanol–water partition coefficient (Wildman–Crippen LogP) is 3.38. The van der Waals surface area contributed by atoms with E-state index in [-0.39, 0.29) is 0 Å². The Hall–Kier alpha value is -1.03. The van der Waals surface area contributed by atoms with Crippen LogP contribution in [-0.2, 0) is 0 Å². The van der Waals surface area contributed by atoms with E-state index in [1.54, 1.807) is 12.1 Å². The first-order valence-electron chi connectivity index (χ1n) is 5.85. The highest BCUT2D eigenvalue weighted by Crippen LogP contribution is 2.30. The molecule has 1 aliphatic heterocycles. The Morgan fingerprint density at radius 2 is 2.29 bits per heavy atom. The van der Waals surface area contributed by atoms with Crippen LogP contribution in [-0.4, -0.2) is 24.2 Å². The monoisotopic (exact) mass is 297 g/mol. The molecule has 1 aromatic rings.